The number of hydrogen-bond acceptors (Lipinski definition) is 3. The highest BCUT2D eigenvalue weighted by molar-refractivity contribution is 5.82. The van der Waals surface area contributed by atoms with Crippen molar-refractivity contribution >= 4 is 11.0 Å². The van der Waals surface area contributed by atoms with Crippen molar-refractivity contribution in [1.82, 2.24) is 0 Å². The maximum Gasteiger partial charge on any atom is 0.336 e. The molecule has 2 aromatic rings. The molecule has 3 nitrogen and oxygen atoms in total. The van der Waals surface area contributed by atoms with Crippen molar-refractivity contribution in [2.75, 3.05) is 7.11 Å². The number of aryl methyl sites for hydroxylation is 1. The smallest absolute Gasteiger partial charge is 0.336 e. The first-order valence-electron chi connectivity index (χ1n) is 5.36. The van der Waals surface area contributed by atoms with Crippen LogP contribution in [0.2, 0.25) is 0 Å². The van der Waals surface area contributed by atoms with E-state index in [9.17, 15) is 4.79 Å². The summed E-state index contributed by atoms with van der Waals surface area (Å²) in [6, 6.07) is 7.02. The quantitative estimate of drug-likeness (QED) is 0.743. The van der Waals surface area contributed by atoms with Crippen LogP contribution in [-0.4, -0.2) is 7.11 Å². The Morgan fingerprint density at radius 1 is 1.25 bits per heavy atom. The van der Waals surface area contributed by atoms with E-state index < -0.39 is 0 Å². The zero-order chi connectivity index (χ0) is 11.5. The minimum absolute atomic E-state index is 0.321. The molecule has 0 aliphatic heterocycles. The second-order valence-corrected chi connectivity index (χ2v) is 3.67. The highest BCUT2D eigenvalue weighted by Crippen LogP contribution is 2.28. The first-order chi connectivity index (χ1) is 7.76. The van der Waals surface area contributed by atoms with E-state index in [4.69, 9.17) is 9.15 Å². The minimum Gasteiger partial charge on any atom is -0.496 e. The molecule has 1 aromatic heterocycles. The zero-order valence-electron chi connectivity index (χ0n) is 9.45. The summed E-state index contributed by atoms with van der Waals surface area (Å²) >= 11 is 0. The van der Waals surface area contributed by atoms with Gasteiger partial charge in [-0.3, -0.25) is 0 Å². The van der Waals surface area contributed by atoms with E-state index in [-0.39, 0.29) is 5.63 Å². The van der Waals surface area contributed by atoms with Crippen molar-refractivity contribution in [3.8, 4) is 5.75 Å². The van der Waals surface area contributed by atoms with E-state index in [1.165, 1.54) is 6.07 Å². The van der Waals surface area contributed by atoms with Crippen LogP contribution in [0, 0.1) is 0 Å². The van der Waals surface area contributed by atoms with Crippen LogP contribution < -0.4 is 10.4 Å². The Morgan fingerprint density at radius 3 is 2.69 bits per heavy atom. The molecule has 16 heavy (non-hydrogen) atoms. The van der Waals surface area contributed by atoms with E-state index >= 15 is 0 Å². The molecule has 1 heterocycles. The first-order valence-corrected chi connectivity index (χ1v) is 5.36. The third-order valence-electron chi connectivity index (χ3n) is 2.57. The largest absolute Gasteiger partial charge is 0.496 e. The normalized spacial score (nSPS) is 10.6. The lowest BCUT2D eigenvalue weighted by Crippen LogP contribution is -1.99. The SMILES string of the molecule is CCCc1c(OC)ccc2ccc(=O)oc12. The first kappa shape index (κ1) is 10.7. The van der Waals surface area contributed by atoms with Gasteiger partial charge in [0.15, 0.2) is 0 Å². The summed E-state index contributed by atoms with van der Waals surface area (Å²) < 4.78 is 10.5. The molecule has 0 amide bonds. The Balaban J connectivity index is 2.75. The summed E-state index contributed by atoms with van der Waals surface area (Å²) in [7, 11) is 1.63. The van der Waals surface area contributed by atoms with Crippen molar-refractivity contribution in [2.24, 2.45) is 0 Å². The fraction of sp³-hybridized carbons (Fsp3) is 0.308. The second-order valence-electron chi connectivity index (χ2n) is 3.67. The van der Waals surface area contributed by atoms with Crippen LogP contribution in [0.3, 0.4) is 0 Å². The van der Waals surface area contributed by atoms with Crippen molar-refractivity contribution in [3.05, 3.63) is 40.2 Å². The molecule has 0 atom stereocenters. The second kappa shape index (κ2) is 4.39. The van der Waals surface area contributed by atoms with Crippen molar-refractivity contribution in [2.45, 2.75) is 19.8 Å². The van der Waals surface area contributed by atoms with Gasteiger partial charge in [0, 0.05) is 17.0 Å². The van der Waals surface area contributed by atoms with Crippen LogP contribution in [0.1, 0.15) is 18.9 Å². The lowest BCUT2D eigenvalue weighted by Gasteiger charge is -2.09. The predicted octanol–water partition coefficient (Wildman–Crippen LogP) is 2.75. The zero-order valence-corrected chi connectivity index (χ0v) is 9.45. The van der Waals surface area contributed by atoms with Crippen LogP contribution >= 0.6 is 0 Å². The number of methoxy groups -OCH3 is 1. The van der Waals surface area contributed by atoms with E-state index in [0.717, 1.165) is 29.5 Å². The molecule has 0 N–H and O–H groups in total. The number of rotatable bonds is 3. The van der Waals surface area contributed by atoms with Gasteiger partial charge in [0.2, 0.25) is 0 Å². The van der Waals surface area contributed by atoms with Gasteiger partial charge < -0.3 is 9.15 Å². The number of hydrogen-bond donors (Lipinski definition) is 0. The van der Waals surface area contributed by atoms with Gasteiger partial charge in [-0.1, -0.05) is 13.3 Å². The standard InChI is InChI=1S/C13H14O3/c1-3-4-10-11(15-2)7-5-9-6-8-12(14)16-13(9)10/h5-8H,3-4H2,1-2H3. The highest BCUT2D eigenvalue weighted by atomic mass is 16.5. The van der Waals surface area contributed by atoms with E-state index in [1.807, 2.05) is 12.1 Å². The summed E-state index contributed by atoms with van der Waals surface area (Å²) in [4.78, 5) is 11.2. The topological polar surface area (TPSA) is 39.4 Å². The van der Waals surface area contributed by atoms with E-state index in [0.29, 0.717) is 5.58 Å². The molecule has 0 aliphatic carbocycles. The highest BCUT2D eigenvalue weighted by Gasteiger charge is 2.09. The third-order valence-corrected chi connectivity index (χ3v) is 2.57. The average molecular weight is 218 g/mol. The van der Waals surface area contributed by atoms with Crippen LogP contribution in [0.5, 0.6) is 5.75 Å². The molecule has 1 aromatic carbocycles. The predicted molar refractivity (Wildman–Crippen MR) is 63.0 cm³/mol. The number of benzene rings is 1. The molecule has 0 saturated carbocycles. The molecule has 3 heteroatoms. The summed E-state index contributed by atoms with van der Waals surface area (Å²) in [5.74, 6) is 0.781. The van der Waals surface area contributed by atoms with Gasteiger partial charge in [-0.25, -0.2) is 4.79 Å². The molecule has 84 valence electrons. The Kier molecular flexibility index (Phi) is 2.95. The van der Waals surface area contributed by atoms with Gasteiger partial charge in [0.05, 0.1) is 7.11 Å². The summed E-state index contributed by atoms with van der Waals surface area (Å²) in [6.07, 6.45) is 1.82. The molecule has 0 saturated heterocycles. The molecular weight excluding hydrogens is 204 g/mol. The van der Waals surface area contributed by atoms with Crippen LogP contribution in [0.4, 0.5) is 0 Å². The van der Waals surface area contributed by atoms with Gasteiger partial charge in [-0.05, 0) is 24.6 Å². The molecular formula is C13H14O3. The Hall–Kier alpha value is -1.77. The summed E-state index contributed by atoms with van der Waals surface area (Å²) in [5, 5.41) is 0.934. The molecule has 0 fully saturated rings. The maximum absolute atomic E-state index is 11.2. The van der Waals surface area contributed by atoms with Gasteiger partial charge in [0.1, 0.15) is 11.3 Å². The Bertz CT molecular complexity index is 555. The third kappa shape index (κ3) is 1.81. The number of fused-ring (bicyclic) bond motifs is 1. The summed E-state index contributed by atoms with van der Waals surface area (Å²) in [5.41, 5.74) is 1.30. The Morgan fingerprint density at radius 2 is 2.00 bits per heavy atom. The van der Waals surface area contributed by atoms with Gasteiger partial charge in [-0.2, -0.15) is 0 Å². The lowest BCUT2D eigenvalue weighted by atomic mass is 10.1. The van der Waals surface area contributed by atoms with Crippen molar-refractivity contribution in [3.63, 3.8) is 0 Å². The fourth-order valence-corrected chi connectivity index (χ4v) is 1.85. The van der Waals surface area contributed by atoms with Crippen molar-refractivity contribution in [1.29, 1.82) is 0 Å². The maximum atomic E-state index is 11.2. The van der Waals surface area contributed by atoms with Crippen LogP contribution in [0.15, 0.2) is 33.5 Å². The number of ether oxygens (including phenoxy) is 1. The van der Waals surface area contributed by atoms with Crippen molar-refractivity contribution < 1.29 is 9.15 Å². The molecule has 0 aliphatic rings. The van der Waals surface area contributed by atoms with Crippen LogP contribution in [0.25, 0.3) is 11.0 Å². The Labute approximate surface area is 93.7 Å². The van der Waals surface area contributed by atoms with Gasteiger partial charge in [0.25, 0.3) is 0 Å². The monoisotopic (exact) mass is 218 g/mol. The van der Waals surface area contributed by atoms with E-state index in [1.54, 1.807) is 13.2 Å². The minimum atomic E-state index is -0.321. The summed E-state index contributed by atoms with van der Waals surface area (Å²) in [6.45, 7) is 2.08. The molecule has 0 unspecified atom stereocenters. The van der Waals surface area contributed by atoms with Crippen LogP contribution in [-0.2, 0) is 6.42 Å². The van der Waals surface area contributed by atoms with Gasteiger partial charge >= 0.3 is 5.63 Å². The average Bonchev–Trinajstić information content (AvgIpc) is 2.30. The molecule has 2 rings (SSSR count). The van der Waals surface area contributed by atoms with E-state index in [2.05, 4.69) is 6.92 Å². The van der Waals surface area contributed by atoms with Gasteiger partial charge in [-0.15, -0.1) is 0 Å². The molecule has 0 spiro atoms. The molecule has 0 bridgehead atoms. The fourth-order valence-electron chi connectivity index (χ4n) is 1.85. The lowest BCUT2D eigenvalue weighted by molar-refractivity contribution is 0.408. The molecule has 0 radical (unpaired) electrons.